The SMILES string of the molecule is C=CCn1c(SCC(=O)Nc2nc(-c3ccc(C)cc3)cs2)nnc1C(C)Oc1ccc(C)cc1C. The van der Waals surface area contributed by atoms with Gasteiger partial charge >= 0.3 is 0 Å². The summed E-state index contributed by atoms with van der Waals surface area (Å²) in [4.78, 5) is 17.2. The minimum absolute atomic E-state index is 0.154. The molecule has 0 radical (unpaired) electrons. The number of hydrogen-bond donors (Lipinski definition) is 1. The molecule has 9 heteroatoms. The normalized spacial score (nSPS) is 11.8. The summed E-state index contributed by atoms with van der Waals surface area (Å²) in [5.74, 6) is 1.52. The van der Waals surface area contributed by atoms with Gasteiger partial charge in [-0.25, -0.2) is 4.98 Å². The number of nitrogens with zero attached hydrogens (tertiary/aromatic N) is 4. The Balaban J connectivity index is 1.39. The molecular formula is C27H29N5O2S2. The highest BCUT2D eigenvalue weighted by Gasteiger charge is 2.20. The zero-order chi connectivity index (χ0) is 25.7. The summed E-state index contributed by atoms with van der Waals surface area (Å²) in [6.45, 7) is 12.4. The van der Waals surface area contributed by atoms with E-state index in [1.54, 1.807) is 6.08 Å². The van der Waals surface area contributed by atoms with Gasteiger partial charge in [0.1, 0.15) is 5.75 Å². The van der Waals surface area contributed by atoms with E-state index in [9.17, 15) is 4.79 Å². The van der Waals surface area contributed by atoms with Crippen molar-refractivity contribution in [3.05, 3.63) is 83.0 Å². The van der Waals surface area contributed by atoms with E-state index in [-0.39, 0.29) is 17.8 Å². The average Bonchev–Trinajstić information content (AvgIpc) is 3.47. The first-order chi connectivity index (χ1) is 17.3. The number of allylic oxidation sites excluding steroid dienone is 1. The number of aryl methyl sites for hydroxylation is 3. The van der Waals surface area contributed by atoms with Crippen LogP contribution in [0.4, 0.5) is 5.13 Å². The number of anilines is 1. The van der Waals surface area contributed by atoms with Gasteiger partial charge in [0.25, 0.3) is 0 Å². The molecule has 2 heterocycles. The number of hydrogen-bond acceptors (Lipinski definition) is 7. The molecule has 4 aromatic rings. The lowest BCUT2D eigenvalue weighted by molar-refractivity contribution is -0.113. The molecule has 1 unspecified atom stereocenters. The van der Waals surface area contributed by atoms with Crippen LogP contribution in [0.1, 0.15) is 35.5 Å². The first kappa shape index (κ1) is 25.7. The van der Waals surface area contributed by atoms with E-state index in [1.807, 2.05) is 67.1 Å². The van der Waals surface area contributed by atoms with Crippen LogP contribution in [-0.4, -0.2) is 31.4 Å². The molecule has 0 aliphatic carbocycles. The Labute approximate surface area is 219 Å². The largest absolute Gasteiger partial charge is 0.482 e. The zero-order valence-electron chi connectivity index (χ0n) is 20.8. The molecule has 0 saturated carbocycles. The maximum absolute atomic E-state index is 12.6. The molecule has 1 atom stereocenters. The molecule has 2 aromatic carbocycles. The molecule has 186 valence electrons. The van der Waals surface area contributed by atoms with Gasteiger partial charge in [0.15, 0.2) is 22.2 Å². The molecular weight excluding hydrogens is 490 g/mol. The molecule has 0 aliphatic heterocycles. The summed E-state index contributed by atoms with van der Waals surface area (Å²) >= 11 is 2.73. The second-order valence-electron chi connectivity index (χ2n) is 8.51. The predicted molar refractivity (Wildman–Crippen MR) is 147 cm³/mol. The molecule has 2 aromatic heterocycles. The number of thiazole rings is 1. The molecule has 0 aliphatic rings. The minimum Gasteiger partial charge on any atom is -0.482 e. The summed E-state index contributed by atoms with van der Waals surface area (Å²) in [5, 5.41) is 14.7. The monoisotopic (exact) mass is 519 g/mol. The molecule has 0 saturated heterocycles. The van der Waals surface area contributed by atoms with Crippen LogP contribution < -0.4 is 10.1 Å². The maximum Gasteiger partial charge on any atom is 0.236 e. The van der Waals surface area contributed by atoms with E-state index < -0.39 is 0 Å². The average molecular weight is 520 g/mol. The van der Waals surface area contributed by atoms with Crippen LogP contribution in [0.5, 0.6) is 5.75 Å². The number of ether oxygens (including phenoxy) is 1. The minimum atomic E-state index is -0.322. The van der Waals surface area contributed by atoms with Crippen molar-refractivity contribution in [1.82, 2.24) is 19.7 Å². The van der Waals surface area contributed by atoms with Gasteiger partial charge in [-0.15, -0.1) is 28.1 Å². The lowest BCUT2D eigenvalue weighted by atomic mass is 10.1. The van der Waals surface area contributed by atoms with Crippen molar-refractivity contribution >= 4 is 34.1 Å². The number of carbonyl (C=O) groups is 1. The topological polar surface area (TPSA) is 81.9 Å². The fourth-order valence-corrected chi connectivity index (χ4v) is 5.15. The highest BCUT2D eigenvalue weighted by molar-refractivity contribution is 7.99. The summed E-state index contributed by atoms with van der Waals surface area (Å²) in [6, 6.07) is 14.2. The smallest absolute Gasteiger partial charge is 0.236 e. The molecule has 0 fully saturated rings. The Bertz CT molecular complexity index is 1360. The lowest BCUT2D eigenvalue weighted by Crippen LogP contribution is -2.15. The van der Waals surface area contributed by atoms with Crippen LogP contribution in [0.15, 0.2) is 65.7 Å². The molecule has 7 nitrogen and oxygen atoms in total. The standard InChI is InChI=1S/C27H29N5O2S2/c1-6-13-32-25(20(5)34-23-12-9-18(3)14-19(23)4)30-31-27(32)36-16-24(33)29-26-28-22(15-35-26)21-10-7-17(2)8-11-21/h6-12,14-15,20H,1,13,16H2,2-5H3,(H,28,29,33). The van der Waals surface area contributed by atoms with E-state index in [4.69, 9.17) is 4.74 Å². The third-order valence-corrected chi connectivity index (χ3v) is 7.21. The first-order valence-corrected chi connectivity index (χ1v) is 13.4. The molecule has 0 spiro atoms. The van der Waals surface area contributed by atoms with Gasteiger partial charge in [0.2, 0.25) is 5.91 Å². The van der Waals surface area contributed by atoms with Gasteiger partial charge in [-0.05, 0) is 39.3 Å². The van der Waals surface area contributed by atoms with Gasteiger partial charge in [-0.3, -0.25) is 9.36 Å². The van der Waals surface area contributed by atoms with E-state index in [1.165, 1.54) is 34.2 Å². The van der Waals surface area contributed by atoms with E-state index in [0.717, 1.165) is 22.6 Å². The third kappa shape index (κ3) is 6.22. The molecule has 1 N–H and O–H groups in total. The van der Waals surface area contributed by atoms with Crippen molar-refractivity contribution < 1.29 is 9.53 Å². The second kappa shape index (κ2) is 11.5. The summed E-state index contributed by atoms with van der Waals surface area (Å²) in [5.41, 5.74) is 5.31. The number of carbonyl (C=O) groups excluding carboxylic acids is 1. The number of amides is 1. The van der Waals surface area contributed by atoms with Gasteiger partial charge < -0.3 is 10.1 Å². The quantitative estimate of drug-likeness (QED) is 0.193. The number of aromatic nitrogens is 4. The van der Waals surface area contributed by atoms with Crippen LogP contribution >= 0.6 is 23.1 Å². The Kier molecular flexibility index (Phi) is 8.22. The van der Waals surface area contributed by atoms with Crippen molar-refractivity contribution in [1.29, 1.82) is 0 Å². The number of thioether (sulfide) groups is 1. The number of rotatable bonds is 10. The predicted octanol–water partition coefficient (Wildman–Crippen LogP) is 6.38. The molecule has 0 bridgehead atoms. The van der Waals surface area contributed by atoms with Crippen LogP contribution in [0.3, 0.4) is 0 Å². The van der Waals surface area contributed by atoms with E-state index >= 15 is 0 Å². The molecule has 1 amide bonds. The van der Waals surface area contributed by atoms with Gasteiger partial charge in [-0.2, -0.15) is 0 Å². The van der Waals surface area contributed by atoms with Crippen molar-refractivity contribution in [2.45, 2.75) is 45.5 Å². The fraction of sp³-hybridized carbons (Fsp3) is 0.259. The number of benzene rings is 2. The first-order valence-electron chi connectivity index (χ1n) is 11.6. The summed E-state index contributed by atoms with van der Waals surface area (Å²) < 4.78 is 8.11. The highest BCUT2D eigenvalue weighted by Crippen LogP contribution is 2.28. The van der Waals surface area contributed by atoms with Crippen molar-refractivity contribution in [3.63, 3.8) is 0 Å². The van der Waals surface area contributed by atoms with Gasteiger partial charge in [0, 0.05) is 17.5 Å². The zero-order valence-corrected chi connectivity index (χ0v) is 22.4. The third-order valence-electron chi connectivity index (χ3n) is 5.49. The maximum atomic E-state index is 12.6. The van der Waals surface area contributed by atoms with E-state index in [2.05, 4.69) is 40.1 Å². The van der Waals surface area contributed by atoms with Crippen LogP contribution in [0.25, 0.3) is 11.3 Å². The van der Waals surface area contributed by atoms with Gasteiger partial charge in [-0.1, -0.05) is 65.4 Å². The second-order valence-corrected chi connectivity index (χ2v) is 10.3. The Morgan fingerprint density at radius 3 is 2.64 bits per heavy atom. The Morgan fingerprint density at radius 2 is 1.92 bits per heavy atom. The van der Waals surface area contributed by atoms with Crippen LogP contribution in [0, 0.1) is 20.8 Å². The van der Waals surface area contributed by atoms with Crippen molar-refractivity contribution in [2.75, 3.05) is 11.1 Å². The number of nitrogens with one attached hydrogen (secondary N) is 1. The van der Waals surface area contributed by atoms with Gasteiger partial charge in [0.05, 0.1) is 11.4 Å². The molecule has 36 heavy (non-hydrogen) atoms. The van der Waals surface area contributed by atoms with Crippen molar-refractivity contribution in [3.8, 4) is 17.0 Å². The fourth-order valence-electron chi connectivity index (χ4n) is 3.66. The van der Waals surface area contributed by atoms with E-state index in [0.29, 0.717) is 22.7 Å². The van der Waals surface area contributed by atoms with Crippen molar-refractivity contribution in [2.24, 2.45) is 0 Å². The Morgan fingerprint density at radius 1 is 1.17 bits per heavy atom. The lowest BCUT2D eigenvalue weighted by Gasteiger charge is -2.17. The summed E-state index contributed by atoms with van der Waals surface area (Å²) in [7, 11) is 0. The van der Waals surface area contributed by atoms with Crippen LogP contribution in [0.2, 0.25) is 0 Å². The van der Waals surface area contributed by atoms with Crippen LogP contribution in [-0.2, 0) is 11.3 Å². The highest BCUT2D eigenvalue weighted by atomic mass is 32.2. The Hall–Kier alpha value is -3.43. The molecule has 4 rings (SSSR count). The summed E-state index contributed by atoms with van der Waals surface area (Å²) in [6.07, 6.45) is 1.46.